The van der Waals surface area contributed by atoms with Crippen LogP contribution in [0.15, 0.2) is 59.0 Å². The van der Waals surface area contributed by atoms with E-state index in [-0.39, 0.29) is 5.91 Å². The van der Waals surface area contributed by atoms with Gasteiger partial charge in [-0.15, -0.1) is 0 Å². The van der Waals surface area contributed by atoms with Crippen molar-refractivity contribution in [3.63, 3.8) is 0 Å². The Kier molecular flexibility index (Phi) is 4.03. The molecule has 2 heterocycles. The molecule has 3 aromatic rings. The summed E-state index contributed by atoms with van der Waals surface area (Å²) in [6.07, 6.45) is 1.08. The normalized spacial score (nSPS) is 16.7. The van der Waals surface area contributed by atoms with Gasteiger partial charge in [-0.2, -0.15) is 0 Å². The van der Waals surface area contributed by atoms with E-state index in [9.17, 15) is 4.79 Å². The molecule has 0 spiro atoms. The lowest BCUT2D eigenvalue weighted by Gasteiger charge is -2.31. The zero-order valence-electron chi connectivity index (χ0n) is 13.8. The molecule has 0 unspecified atom stereocenters. The first-order valence-corrected chi connectivity index (χ1v) is 8.41. The summed E-state index contributed by atoms with van der Waals surface area (Å²) in [7, 11) is 0. The minimum atomic E-state index is -0.852. The van der Waals surface area contributed by atoms with Gasteiger partial charge >= 0.3 is 0 Å². The molecule has 25 heavy (non-hydrogen) atoms. The van der Waals surface area contributed by atoms with Gasteiger partial charge in [-0.25, -0.2) is 0 Å². The van der Waals surface area contributed by atoms with Crippen LogP contribution in [-0.4, -0.2) is 24.7 Å². The Morgan fingerprint density at radius 3 is 2.48 bits per heavy atom. The predicted molar refractivity (Wildman–Crippen MR) is 97.3 cm³/mol. The number of anilines is 1. The summed E-state index contributed by atoms with van der Waals surface area (Å²) in [5, 5.41) is 3.98. The van der Waals surface area contributed by atoms with E-state index < -0.39 is 5.54 Å². The predicted octanol–water partition coefficient (Wildman–Crippen LogP) is 3.55. The second-order valence-electron chi connectivity index (χ2n) is 6.45. The number of nitrogens with two attached hydrogens (primary N) is 1. The number of para-hydroxylation sites is 1. The van der Waals surface area contributed by atoms with Crippen molar-refractivity contribution in [1.82, 2.24) is 0 Å². The smallest absolute Gasteiger partial charge is 0.244 e. The lowest BCUT2D eigenvalue weighted by molar-refractivity contribution is -0.124. The maximum absolute atomic E-state index is 12.5. The molecule has 1 amide bonds. The lowest BCUT2D eigenvalue weighted by atomic mass is 9.90. The maximum atomic E-state index is 12.5. The van der Waals surface area contributed by atoms with Gasteiger partial charge in [0.05, 0.1) is 0 Å². The zero-order chi connectivity index (χ0) is 17.3. The van der Waals surface area contributed by atoms with Gasteiger partial charge in [0.15, 0.2) is 0 Å². The molecule has 2 aromatic carbocycles. The molecular weight excluding hydrogens is 316 g/mol. The highest BCUT2D eigenvalue weighted by atomic mass is 16.5. The van der Waals surface area contributed by atoms with Crippen molar-refractivity contribution in [2.75, 3.05) is 18.5 Å². The fourth-order valence-corrected chi connectivity index (χ4v) is 3.06. The fraction of sp³-hybridized carbons (Fsp3) is 0.250. The zero-order valence-corrected chi connectivity index (χ0v) is 13.8. The van der Waals surface area contributed by atoms with Crippen LogP contribution in [0.25, 0.3) is 22.3 Å². The number of hydrogen-bond donors (Lipinski definition) is 2. The maximum Gasteiger partial charge on any atom is 0.244 e. The fourth-order valence-electron chi connectivity index (χ4n) is 3.06. The first-order valence-electron chi connectivity index (χ1n) is 8.41. The Bertz CT molecular complexity index is 860. The SMILES string of the molecule is NC1(C(=O)Nc2ccc(-c3cc4ccccc4o3)cc2)CCOCC1. The number of benzene rings is 2. The lowest BCUT2D eigenvalue weighted by Crippen LogP contribution is -2.54. The van der Waals surface area contributed by atoms with Crippen LogP contribution in [0.2, 0.25) is 0 Å². The Hall–Kier alpha value is -2.63. The van der Waals surface area contributed by atoms with Crippen LogP contribution in [0.5, 0.6) is 0 Å². The highest BCUT2D eigenvalue weighted by Crippen LogP contribution is 2.29. The molecule has 5 heteroatoms. The summed E-state index contributed by atoms with van der Waals surface area (Å²) < 4.78 is 11.1. The minimum absolute atomic E-state index is 0.160. The monoisotopic (exact) mass is 336 g/mol. The number of amides is 1. The first-order chi connectivity index (χ1) is 12.1. The van der Waals surface area contributed by atoms with Gasteiger partial charge in [0.25, 0.3) is 0 Å². The summed E-state index contributed by atoms with van der Waals surface area (Å²) in [5.74, 6) is 0.645. The van der Waals surface area contributed by atoms with Crippen molar-refractivity contribution in [2.24, 2.45) is 5.73 Å². The Morgan fingerprint density at radius 1 is 1.04 bits per heavy atom. The van der Waals surface area contributed by atoms with Crippen LogP contribution in [-0.2, 0) is 9.53 Å². The molecule has 0 atom stereocenters. The van der Waals surface area contributed by atoms with Gasteiger partial charge in [-0.3, -0.25) is 4.79 Å². The molecule has 1 aliphatic rings. The molecule has 1 aromatic heterocycles. The highest BCUT2D eigenvalue weighted by molar-refractivity contribution is 5.98. The molecule has 3 N–H and O–H groups in total. The van der Waals surface area contributed by atoms with E-state index in [0.717, 1.165) is 28.0 Å². The molecule has 1 fully saturated rings. The van der Waals surface area contributed by atoms with Crippen molar-refractivity contribution in [3.8, 4) is 11.3 Å². The summed E-state index contributed by atoms with van der Waals surface area (Å²) in [5.41, 5.74) is 7.90. The van der Waals surface area contributed by atoms with Crippen LogP contribution in [0.1, 0.15) is 12.8 Å². The number of rotatable bonds is 3. The van der Waals surface area contributed by atoms with Crippen molar-refractivity contribution in [1.29, 1.82) is 0 Å². The third-order valence-electron chi connectivity index (χ3n) is 4.69. The molecule has 0 radical (unpaired) electrons. The third kappa shape index (κ3) is 3.16. The first kappa shape index (κ1) is 15.9. The average molecular weight is 336 g/mol. The van der Waals surface area contributed by atoms with Crippen LogP contribution in [0.4, 0.5) is 5.69 Å². The van der Waals surface area contributed by atoms with Crippen molar-refractivity contribution < 1.29 is 13.9 Å². The molecule has 0 bridgehead atoms. The van der Waals surface area contributed by atoms with Crippen molar-refractivity contribution in [2.45, 2.75) is 18.4 Å². The number of hydrogen-bond acceptors (Lipinski definition) is 4. The van der Waals surface area contributed by atoms with E-state index >= 15 is 0 Å². The third-order valence-corrected chi connectivity index (χ3v) is 4.69. The topological polar surface area (TPSA) is 77.5 Å². The van der Waals surface area contributed by atoms with E-state index in [0.29, 0.717) is 26.1 Å². The van der Waals surface area contributed by atoms with E-state index in [1.165, 1.54) is 0 Å². The number of nitrogens with one attached hydrogen (secondary N) is 1. The van der Waals surface area contributed by atoms with Crippen LogP contribution in [0, 0.1) is 0 Å². The van der Waals surface area contributed by atoms with E-state index in [2.05, 4.69) is 5.32 Å². The van der Waals surface area contributed by atoms with Gasteiger partial charge in [0, 0.05) is 29.9 Å². The largest absolute Gasteiger partial charge is 0.456 e. The van der Waals surface area contributed by atoms with E-state index in [4.69, 9.17) is 14.9 Å². The number of furan rings is 1. The van der Waals surface area contributed by atoms with Gasteiger partial charge in [0.2, 0.25) is 5.91 Å². The Labute approximate surface area is 145 Å². The van der Waals surface area contributed by atoms with E-state index in [1.54, 1.807) is 0 Å². The molecule has 1 saturated heterocycles. The standard InChI is InChI=1S/C20H20N2O3/c21-20(9-11-24-12-10-20)19(23)22-16-7-5-14(6-8-16)18-13-15-3-1-2-4-17(15)25-18/h1-8,13H,9-12,21H2,(H,22,23). The van der Waals surface area contributed by atoms with E-state index in [1.807, 2.05) is 54.6 Å². The number of fused-ring (bicyclic) bond motifs is 1. The number of ether oxygens (including phenoxy) is 1. The van der Waals surface area contributed by atoms with Crippen molar-refractivity contribution >= 4 is 22.6 Å². The Morgan fingerprint density at radius 2 is 1.76 bits per heavy atom. The molecule has 128 valence electrons. The summed E-state index contributed by atoms with van der Waals surface area (Å²) >= 11 is 0. The van der Waals surface area contributed by atoms with Gasteiger partial charge < -0.3 is 20.2 Å². The summed E-state index contributed by atoms with van der Waals surface area (Å²) in [4.78, 5) is 12.5. The summed E-state index contributed by atoms with van der Waals surface area (Å²) in [6, 6.07) is 17.5. The van der Waals surface area contributed by atoms with Gasteiger partial charge in [-0.1, -0.05) is 18.2 Å². The molecule has 1 aliphatic heterocycles. The Balaban J connectivity index is 1.51. The number of carbonyl (C=O) groups excluding carboxylic acids is 1. The molecule has 0 aliphatic carbocycles. The second-order valence-corrected chi connectivity index (χ2v) is 6.45. The number of carbonyl (C=O) groups is 1. The molecule has 5 nitrogen and oxygen atoms in total. The van der Waals surface area contributed by atoms with Crippen LogP contribution >= 0.6 is 0 Å². The minimum Gasteiger partial charge on any atom is -0.456 e. The summed E-state index contributed by atoms with van der Waals surface area (Å²) in [6.45, 7) is 1.05. The van der Waals surface area contributed by atoms with Gasteiger partial charge in [-0.05, 0) is 49.2 Å². The van der Waals surface area contributed by atoms with Gasteiger partial charge in [0.1, 0.15) is 16.9 Å². The van der Waals surface area contributed by atoms with Crippen molar-refractivity contribution in [3.05, 3.63) is 54.6 Å². The quantitative estimate of drug-likeness (QED) is 0.767. The second kappa shape index (κ2) is 6.35. The van der Waals surface area contributed by atoms with Crippen LogP contribution < -0.4 is 11.1 Å². The highest BCUT2D eigenvalue weighted by Gasteiger charge is 2.35. The van der Waals surface area contributed by atoms with Crippen LogP contribution in [0.3, 0.4) is 0 Å². The molecular formula is C20H20N2O3. The molecule has 0 saturated carbocycles. The molecule has 4 rings (SSSR count). The average Bonchev–Trinajstić information content (AvgIpc) is 3.07.